The first kappa shape index (κ1) is 12.5. The second kappa shape index (κ2) is 6.10. The van der Waals surface area contributed by atoms with Crippen molar-refractivity contribution < 1.29 is 4.79 Å². The van der Waals surface area contributed by atoms with Crippen molar-refractivity contribution in [1.82, 2.24) is 4.98 Å². The molecule has 0 bridgehead atoms. The molecule has 16 heavy (non-hydrogen) atoms. The van der Waals surface area contributed by atoms with E-state index in [1.54, 1.807) is 18.3 Å². The van der Waals surface area contributed by atoms with E-state index >= 15 is 0 Å². The summed E-state index contributed by atoms with van der Waals surface area (Å²) in [5.41, 5.74) is 6.15. The Bertz CT molecular complexity index is 335. The van der Waals surface area contributed by atoms with Gasteiger partial charge in [-0.15, -0.1) is 0 Å². The van der Waals surface area contributed by atoms with E-state index in [1.807, 2.05) is 0 Å². The van der Waals surface area contributed by atoms with E-state index in [4.69, 9.17) is 5.73 Å². The smallest absolute Gasteiger partial charge is 0.224 e. The van der Waals surface area contributed by atoms with E-state index in [0.29, 0.717) is 23.8 Å². The lowest BCUT2D eigenvalue weighted by Gasteiger charge is -2.10. The summed E-state index contributed by atoms with van der Waals surface area (Å²) in [4.78, 5) is 15.5. The van der Waals surface area contributed by atoms with Gasteiger partial charge in [0.15, 0.2) is 0 Å². The number of nitrogens with zero attached hydrogens (tertiary/aromatic N) is 1. The molecule has 0 spiro atoms. The molecule has 0 saturated carbocycles. The maximum atomic E-state index is 11.6. The standard InChI is InChI=1S/C12H19N3O/c1-3-4-9(2)7-12(16)15-10-5-6-11(13)14-8-10/h5-6,8-9H,3-4,7H2,1-2H3,(H2,13,14)(H,15,16). The topological polar surface area (TPSA) is 68.0 Å². The van der Waals surface area contributed by atoms with Gasteiger partial charge in [-0.2, -0.15) is 0 Å². The van der Waals surface area contributed by atoms with Crippen LogP contribution in [0.1, 0.15) is 33.1 Å². The van der Waals surface area contributed by atoms with Gasteiger partial charge in [-0.25, -0.2) is 4.98 Å². The van der Waals surface area contributed by atoms with Gasteiger partial charge in [-0.3, -0.25) is 4.79 Å². The number of hydrogen-bond acceptors (Lipinski definition) is 3. The van der Waals surface area contributed by atoms with Crippen LogP contribution in [0.3, 0.4) is 0 Å². The van der Waals surface area contributed by atoms with Crippen molar-refractivity contribution in [3.8, 4) is 0 Å². The van der Waals surface area contributed by atoms with Gasteiger partial charge >= 0.3 is 0 Å². The summed E-state index contributed by atoms with van der Waals surface area (Å²) in [6.45, 7) is 4.21. The summed E-state index contributed by atoms with van der Waals surface area (Å²) in [5.74, 6) is 0.914. The minimum atomic E-state index is 0.0347. The van der Waals surface area contributed by atoms with E-state index in [2.05, 4.69) is 24.1 Å². The third kappa shape index (κ3) is 4.29. The zero-order valence-corrected chi connectivity index (χ0v) is 9.86. The molecule has 3 N–H and O–H groups in total. The first-order chi connectivity index (χ1) is 7.61. The number of nitrogen functional groups attached to an aromatic ring is 1. The van der Waals surface area contributed by atoms with Gasteiger partial charge in [0, 0.05) is 6.42 Å². The highest BCUT2D eigenvalue weighted by Gasteiger charge is 2.08. The number of pyridine rings is 1. The summed E-state index contributed by atoms with van der Waals surface area (Å²) in [5, 5.41) is 2.80. The van der Waals surface area contributed by atoms with Crippen molar-refractivity contribution in [2.75, 3.05) is 11.1 Å². The molecular weight excluding hydrogens is 202 g/mol. The highest BCUT2D eigenvalue weighted by molar-refractivity contribution is 5.90. The molecule has 88 valence electrons. The number of amides is 1. The predicted octanol–water partition coefficient (Wildman–Crippen LogP) is 2.43. The van der Waals surface area contributed by atoms with Gasteiger partial charge in [0.05, 0.1) is 11.9 Å². The van der Waals surface area contributed by atoms with Gasteiger partial charge in [0.25, 0.3) is 0 Å². The third-order valence-corrected chi connectivity index (χ3v) is 2.39. The molecule has 1 atom stereocenters. The van der Waals surface area contributed by atoms with Gasteiger partial charge in [0.1, 0.15) is 5.82 Å². The summed E-state index contributed by atoms with van der Waals surface area (Å²) >= 11 is 0. The molecule has 0 aliphatic heterocycles. The average Bonchev–Trinajstić information content (AvgIpc) is 2.21. The highest BCUT2D eigenvalue weighted by Crippen LogP contribution is 2.12. The van der Waals surface area contributed by atoms with E-state index in [-0.39, 0.29) is 5.91 Å². The number of carbonyl (C=O) groups excluding carboxylic acids is 1. The number of carbonyl (C=O) groups is 1. The van der Waals surface area contributed by atoms with Crippen LogP contribution in [0.15, 0.2) is 18.3 Å². The Kier molecular flexibility index (Phi) is 4.76. The lowest BCUT2D eigenvalue weighted by Crippen LogP contribution is -2.15. The van der Waals surface area contributed by atoms with Crippen LogP contribution in [0.5, 0.6) is 0 Å². The van der Waals surface area contributed by atoms with E-state index in [0.717, 1.165) is 12.8 Å². The Hall–Kier alpha value is -1.58. The first-order valence-electron chi connectivity index (χ1n) is 5.63. The second-order valence-electron chi connectivity index (χ2n) is 4.12. The maximum absolute atomic E-state index is 11.6. The molecule has 1 aromatic rings. The molecule has 0 radical (unpaired) electrons. The molecule has 4 heteroatoms. The Morgan fingerprint density at radius 2 is 2.31 bits per heavy atom. The molecule has 4 nitrogen and oxygen atoms in total. The molecule has 1 amide bonds. The minimum absolute atomic E-state index is 0.0347. The molecule has 0 fully saturated rings. The zero-order valence-electron chi connectivity index (χ0n) is 9.86. The van der Waals surface area contributed by atoms with E-state index in [9.17, 15) is 4.79 Å². The third-order valence-electron chi connectivity index (χ3n) is 2.39. The van der Waals surface area contributed by atoms with Crippen LogP contribution < -0.4 is 11.1 Å². The van der Waals surface area contributed by atoms with Crippen LogP contribution >= 0.6 is 0 Å². The predicted molar refractivity (Wildman–Crippen MR) is 66.0 cm³/mol. The van der Waals surface area contributed by atoms with Gasteiger partial charge in [0.2, 0.25) is 5.91 Å². The maximum Gasteiger partial charge on any atom is 0.224 e. The fourth-order valence-electron chi connectivity index (χ4n) is 1.60. The molecule has 0 aliphatic carbocycles. The lowest BCUT2D eigenvalue weighted by atomic mass is 10.0. The Labute approximate surface area is 96.3 Å². The number of anilines is 2. The summed E-state index contributed by atoms with van der Waals surface area (Å²) in [6, 6.07) is 3.43. The molecule has 0 aliphatic rings. The Morgan fingerprint density at radius 3 is 2.88 bits per heavy atom. The summed E-state index contributed by atoms with van der Waals surface area (Å²) in [7, 11) is 0. The van der Waals surface area contributed by atoms with Gasteiger partial charge in [-0.05, 0) is 18.1 Å². The second-order valence-corrected chi connectivity index (χ2v) is 4.12. The van der Waals surface area contributed by atoms with Crippen LogP contribution in [0.2, 0.25) is 0 Å². The fourth-order valence-corrected chi connectivity index (χ4v) is 1.60. The minimum Gasteiger partial charge on any atom is -0.384 e. The summed E-state index contributed by atoms with van der Waals surface area (Å²) in [6.07, 6.45) is 4.31. The van der Waals surface area contributed by atoms with Crippen molar-refractivity contribution in [2.45, 2.75) is 33.1 Å². The van der Waals surface area contributed by atoms with Gasteiger partial charge in [-0.1, -0.05) is 26.7 Å². The Balaban J connectivity index is 2.42. The van der Waals surface area contributed by atoms with Crippen LogP contribution in [0.25, 0.3) is 0 Å². The zero-order chi connectivity index (χ0) is 12.0. The number of hydrogen-bond donors (Lipinski definition) is 2. The molecule has 1 rings (SSSR count). The highest BCUT2D eigenvalue weighted by atomic mass is 16.1. The van der Waals surface area contributed by atoms with Crippen LogP contribution in [0.4, 0.5) is 11.5 Å². The number of nitrogens with one attached hydrogen (secondary N) is 1. The van der Waals surface area contributed by atoms with Gasteiger partial charge < -0.3 is 11.1 Å². The SMILES string of the molecule is CCCC(C)CC(=O)Nc1ccc(N)nc1. The van der Waals surface area contributed by atoms with Crippen molar-refractivity contribution in [3.05, 3.63) is 18.3 Å². The fraction of sp³-hybridized carbons (Fsp3) is 0.500. The molecule has 1 aromatic heterocycles. The van der Waals surface area contributed by atoms with Crippen molar-refractivity contribution in [3.63, 3.8) is 0 Å². The van der Waals surface area contributed by atoms with Crippen molar-refractivity contribution >= 4 is 17.4 Å². The van der Waals surface area contributed by atoms with E-state index in [1.165, 1.54) is 0 Å². The largest absolute Gasteiger partial charge is 0.384 e. The number of rotatable bonds is 5. The lowest BCUT2D eigenvalue weighted by molar-refractivity contribution is -0.117. The van der Waals surface area contributed by atoms with Crippen molar-refractivity contribution in [2.24, 2.45) is 5.92 Å². The normalized spacial score (nSPS) is 12.1. The van der Waals surface area contributed by atoms with Crippen LogP contribution in [-0.4, -0.2) is 10.9 Å². The first-order valence-corrected chi connectivity index (χ1v) is 5.63. The quantitative estimate of drug-likeness (QED) is 0.802. The molecule has 0 aromatic carbocycles. The molecule has 1 unspecified atom stereocenters. The van der Waals surface area contributed by atoms with E-state index < -0.39 is 0 Å². The van der Waals surface area contributed by atoms with Crippen LogP contribution in [0, 0.1) is 5.92 Å². The number of aromatic nitrogens is 1. The monoisotopic (exact) mass is 221 g/mol. The molecule has 1 heterocycles. The molecule has 0 saturated heterocycles. The number of nitrogens with two attached hydrogens (primary N) is 1. The summed E-state index contributed by atoms with van der Waals surface area (Å²) < 4.78 is 0. The van der Waals surface area contributed by atoms with Crippen molar-refractivity contribution in [1.29, 1.82) is 0 Å². The Morgan fingerprint density at radius 1 is 1.56 bits per heavy atom. The molecular formula is C12H19N3O. The van der Waals surface area contributed by atoms with Crippen LogP contribution in [-0.2, 0) is 4.79 Å². The average molecular weight is 221 g/mol.